The van der Waals surface area contributed by atoms with Crippen molar-refractivity contribution >= 4 is 0 Å². The fraction of sp³-hybridized carbons (Fsp3) is 0.524. The van der Waals surface area contributed by atoms with Gasteiger partial charge in [-0.05, 0) is 30.3 Å². The zero-order chi connectivity index (χ0) is 33.1. The quantitative estimate of drug-likeness (QED) is 0.230. The van der Waals surface area contributed by atoms with E-state index in [0.717, 1.165) is 0 Å². The Labute approximate surface area is 229 Å². The fourth-order valence-corrected chi connectivity index (χ4v) is 2.62. The van der Waals surface area contributed by atoms with Gasteiger partial charge in [0.15, 0.2) is 5.82 Å². The minimum atomic E-state index is -7.94. The van der Waals surface area contributed by atoms with Crippen molar-refractivity contribution in [3.8, 4) is 17.1 Å². The van der Waals surface area contributed by atoms with Crippen molar-refractivity contribution < 1.29 is 89.9 Å². The number of aromatic nitrogens is 2. The molecule has 7 nitrogen and oxygen atoms in total. The molecule has 0 aliphatic carbocycles. The van der Waals surface area contributed by atoms with Crippen LogP contribution in [0.4, 0.5) is 65.9 Å². The SMILES string of the molecule is O[C@H](COCC(F)(F)OC(F)(F)C(F)(F)OC(F)(F)C(F)(F)C(F)(F)C(F)(F)F)COc1ccc(-c2ncccn2)cc1. The van der Waals surface area contributed by atoms with Crippen molar-refractivity contribution in [2.24, 2.45) is 0 Å². The summed E-state index contributed by atoms with van der Waals surface area (Å²) in [6.45, 7) is -4.33. The Morgan fingerprint density at radius 3 is 1.67 bits per heavy atom. The lowest BCUT2D eigenvalue weighted by atomic mass is 10.1. The maximum atomic E-state index is 13.6. The maximum absolute atomic E-state index is 13.6. The molecule has 0 spiro atoms. The number of halogens is 15. The van der Waals surface area contributed by atoms with Crippen molar-refractivity contribution in [2.75, 3.05) is 19.8 Å². The van der Waals surface area contributed by atoms with Crippen LogP contribution >= 0.6 is 0 Å². The van der Waals surface area contributed by atoms with Gasteiger partial charge in [-0.1, -0.05) is 0 Å². The van der Waals surface area contributed by atoms with E-state index in [4.69, 9.17) is 4.74 Å². The van der Waals surface area contributed by atoms with Gasteiger partial charge in [0, 0.05) is 18.0 Å². The molecule has 1 heterocycles. The van der Waals surface area contributed by atoms with E-state index < -0.39 is 68.4 Å². The first-order valence-corrected chi connectivity index (χ1v) is 10.9. The molecule has 1 N–H and O–H groups in total. The summed E-state index contributed by atoms with van der Waals surface area (Å²) in [5.41, 5.74) is 0.545. The fourth-order valence-electron chi connectivity index (χ4n) is 2.62. The first-order chi connectivity index (χ1) is 19.4. The van der Waals surface area contributed by atoms with Crippen LogP contribution in [0.2, 0.25) is 0 Å². The summed E-state index contributed by atoms with van der Waals surface area (Å²) in [5, 5.41) is 9.69. The van der Waals surface area contributed by atoms with Crippen molar-refractivity contribution in [3.63, 3.8) is 0 Å². The highest BCUT2D eigenvalue weighted by atomic mass is 19.4. The van der Waals surface area contributed by atoms with E-state index in [2.05, 4.69) is 19.4 Å². The standard InChI is InChI=1S/C21H15F15N2O5/c22-15(23,10-40-8-12(39)9-41-13-4-2-11(3-5-13)14-37-6-1-7-38-14)42-20(33,34)21(35,36)43-19(31,32)17(26,27)16(24,25)18(28,29)30/h1-7,12,39H,8-10H2/t12-/m1/s1. The number of alkyl halides is 15. The van der Waals surface area contributed by atoms with Gasteiger partial charge in [-0.3, -0.25) is 0 Å². The van der Waals surface area contributed by atoms with E-state index in [0.29, 0.717) is 11.4 Å². The average Bonchev–Trinajstić information content (AvgIpc) is 2.86. The van der Waals surface area contributed by atoms with Crippen molar-refractivity contribution in [2.45, 2.75) is 48.6 Å². The summed E-state index contributed by atoms with van der Waals surface area (Å²) in [7, 11) is 0. The predicted octanol–water partition coefficient (Wildman–Crippen LogP) is 6.14. The Kier molecular flexibility index (Phi) is 10.5. The monoisotopic (exact) mass is 660 g/mol. The highest BCUT2D eigenvalue weighted by molar-refractivity contribution is 5.55. The molecule has 22 heteroatoms. The lowest BCUT2D eigenvalue weighted by Crippen LogP contribution is -2.64. The van der Waals surface area contributed by atoms with E-state index in [-0.39, 0.29) is 5.75 Å². The molecule has 0 saturated carbocycles. The topological polar surface area (TPSA) is 82.9 Å². The molecular weight excluding hydrogens is 645 g/mol. The van der Waals surface area contributed by atoms with Gasteiger partial charge in [0.05, 0.1) is 6.61 Å². The van der Waals surface area contributed by atoms with E-state index >= 15 is 0 Å². The molecule has 0 aliphatic heterocycles. The second-order valence-electron chi connectivity index (χ2n) is 8.12. The zero-order valence-electron chi connectivity index (χ0n) is 20.4. The number of ether oxygens (including phenoxy) is 4. The molecule has 2 aromatic rings. The van der Waals surface area contributed by atoms with Crippen LogP contribution in [0.1, 0.15) is 0 Å². The highest BCUT2D eigenvalue weighted by Gasteiger charge is 2.85. The van der Waals surface area contributed by atoms with Gasteiger partial charge >= 0.3 is 42.5 Å². The molecule has 0 bridgehead atoms. The van der Waals surface area contributed by atoms with E-state index in [1.54, 1.807) is 6.07 Å². The summed E-state index contributed by atoms with van der Waals surface area (Å²) in [5.74, 6) is -15.3. The second-order valence-corrected chi connectivity index (χ2v) is 8.12. The summed E-state index contributed by atoms with van der Waals surface area (Å²) < 4.78 is 208. The summed E-state index contributed by atoms with van der Waals surface area (Å²) in [4.78, 5) is 7.96. The first-order valence-electron chi connectivity index (χ1n) is 10.9. The molecule has 0 aliphatic rings. The van der Waals surface area contributed by atoms with Crippen LogP contribution in [0.5, 0.6) is 5.75 Å². The van der Waals surface area contributed by atoms with Crippen LogP contribution in [-0.4, -0.2) is 83.5 Å². The number of benzene rings is 1. The number of rotatable bonds is 15. The normalized spacial score (nSPS) is 15.0. The molecule has 0 unspecified atom stereocenters. The van der Waals surface area contributed by atoms with Gasteiger partial charge in [0.25, 0.3) is 0 Å². The number of aliphatic hydroxyl groups excluding tert-OH is 1. The lowest BCUT2D eigenvalue weighted by Gasteiger charge is -2.36. The van der Waals surface area contributed by atoms with Crippen LogP contribution in [0.15, 0.2) is 42.7 Å². The van der Waals surface area contributed by atoms with Gasteiger partial charge < -0.3 is 14.6 Å². The van der Waals surface area contributed by atoms with Crippen LogP contribution in [0, 0.1) is 0 Å². The minimum absolute atomic E-state index is 0.102. The van der Waals surface area contributed by atoms with Gasteiger partial charge in [-0.2, -0.15) is 65.9 Å². The third kappa shape index (κ3) is 8.50. The van der Waals surface area contributed by atoms with Crippen LogP contribution < -0.4 is 4.74 Å². The molecule has 0 saturated heterocycles. The molecule has 0 amide bonds. The van der Waals surface area contributed by atoms with Crippen molar-refractivity contribution in [1.82, 2.24) is 9.97 Å². The van der Waals surface area contributed by atoms with Gasteiger partial charge in [-0.15, -0.1) is 0 Å². The van der Waals surface area contributed by atoms with Gasteiger partial charge in [0.2, 0.25) is 0 Å². The molecule has 0 fully saturated rings. The molecule has 43 heavy (non-hydrogen) atoms. The maximum Gasteiger partial charge on any atom is 0.460 e. The smallest absolute Gasteiger partial charge is 0.460 e. The molecule has 0 radical (unpaired) electrons. The third-order valence-corrected chi connectivity index (χ3v) is 4.69. The number of nitrogens with zero attached hydrogens (tertiary/aromatic N) is 2. The third-order valence-electron chi connectivity index (χ3n) is 4.69. The summed E-state index contributed by atoms with van der Waals surface area (Å²) in [6, 6.07) is 7.28. The summed E-state index contributed by atoms with van der Waals surface area (Å²) >= 11 is 0. The number of hydrogen-bond acceptors (Lipinski definition) is 7. The molecule has 1 aromatic heterocycles. The molecule has 1 aromatic carbocycles. The average molecular weight is 660 g/mol. The Morgan fingerprint density at radius 1 is 0.651 bits per heavy atom. The van der Waals surface area contributed by atoms with Gasteiger partial charge in [0.1, 0.15) is 25.1 Å². The van der Waals surface area contributed by atoms with E-state index in [9.17, 15) is 71.0 Å². The van der Waals surface area contributed by atoms with Gasteiger partial charge in [-0.25, -0.2) is 19.4 Å². The number of aliphatic hydroxyl groups is 1. The molecule has 2 rings (SSSR count). The molecular formula is C21H15F15N2O5. The zero-order valence-corrected chi connectivity index (χ0v) is 20.4. The van der Waals surface area contributed by atoms with Crippen LogP contribution in [0.25, 0.3) is 11.4 Å². The second kappa shape index (κ2) is 12.5. The van der Waals surface area contributed by atoms with Crippen LogP contribution in [0.3, 0.4) is 0 Å². The summed E-state index contributed by atoms with van der Waals surface area (Å²) in [6.07, 6.45) is -34.2. The Hall–Kier alpha value is -3.11. The predicted molar refractivity (Wildman–Crippen MR) is 108 cm³/mol. The van der Waals surface area contributed by atoms with Crippen molar-refractivity contribution in [3.05, 3.63) is 42.7 Å². The Morgan fingerprint density at radius 2 is 1.16 bits per heavy atom. The Balaban J connectivity index is 1.93. The molecule has 1 atom stereocenters. The first kappa shape index (κ1) is 36.1. The van der Waals surface area contributed by atoms with E-state index in [1.165, 1.54) is 41.4 Å². The number of hydrogen-bond donors (Lipinski definition) is 1. The van der Waals surface area contributed by atoms with E-state index in [1.807, 2.05) is 0 Å². The molecule has 244 valence electrons. The lowest BCUT2D eigenvalue weighted by molar-refractivity contribution is -0.543. The highest BCUT2D eigenvalue weighted by Crippen LogP contribution is 2.55. The van der Waals surface area contributed by atoms with Crippen molar-refractivity contribution in [1.29, 1.82) is 0 Å². The Bertz CT molecular complexity index is 1180. The van der Waals surface area contributed by atoms with Crippen LogP contribution in [-0.2, 0) is 14.2 Å². The largest absolute Gasteiger partial charge is 0.491 e. The minimum Gasteiger partial charge on any atom is -0.491 e.